The van der Waals surface area contributed by atoms with Crippen LogP contribution in [-0.2, 0) is 14.4 Å². The maximum Gasteiger partial charge on any atom is 0.251 e. The number of pyridine rings is 1. The quantitative estimate of drug-likeness (QED) is 0.404. The van der Waals surface area contributed by atoms with Gasteiger partial charge in [0.15, 0.2) is 0 Å². The molecule has 2 aliphatic rings. The Hall–Kier alpha value is -5.16. The van der Waals surface area contributed by atoms with E-state index in [1.165, 1.54) is 34.2 Å². The number of hydrogen-bond acceptors (Lipinski definition) is 6. The highest BCUT2D eigenvalue weighted by Crippen LogP contribution is 2.37. The van der Waals surface area contributed by atoms with E-state index in [0.29, 0.717) is 11.1 Å². The summed E-state index contributed by atoms with van der Waals surface area (Å²) < 4.78 is 27.8. The molecule has 224 valence electrons. The number of nitrogens with one attached hydrogen (secondary N) is 1. The smallest absolute Gasteiger partial charge is 0.251 e. The van der Waals surface area contributed by atoms with Crippen LogP contribution in [0, 0.1) is 29.6 Å². The van der Waals surface area contributed by atoms with Crippen molar-refractivity contribution in [2.24, 2.45) is 0 Å². The molecule has 3 amide bonds. The number of benzene rings is 2. The topological polar surface area (TPSA) is 130 Å². The van der Waals surface area contributed by atoms with Gasteiger partial charge in [-0.2, -0.15) is 10.5 Å². The number of nitriles is 2. The summed E-state index contributed by atoms with van der Waals surface area (Å²) in [7, 11) is 0. The number of carbonyl (C=O) groups is 3. The summed E-state index contributed by atoms with van der Waals surface area (Å²) in [6, 6.07) is 17.5. The second kappa shape index (κ2) is 12.6. The number of aromatic nitrogens is 1. The van der Waals surface area contributed by atoms with Gasteiger partial charge in [-0.3, -0.25) is 24.2 Å². The molecule has 0 bridgehead atoms. The van der Waals surface area contributed by atoms with Crippen LogP contribution >= 0.6 is 0 Å². The molecule has 1 aliphatic heterocycles. The predicted molar refractivity (Wildman–Crippen MR) is 157 cm³/mol. The molecule has 1 N–H and O–H groups in total. The zero-order chi connectivity index (χ0) is 31.4. The summed E-state index contributed by atoms with van der Waals surface area (Å²) in [5.74, 6) is -4.17. The van der Waals surface area contributed by atoms with Gasteiger partial charge in [0.1, 0.15) is 17.9 Å². The summed E-state index contributed by atoms with van der Waals surface area (Å²) >= 11 is 0. The van der Waals surface area contributed by atoms with Gasteiger partial charge in [-0.25, -0.2) is 13.8 Å². The molecule has 1 saturated heterocycles. The lowest BCUT2D eigenvalue weighted by atomic mass is 9.91. The molecule has 1 saturated carbocycles. The first kappa shape index (κ1) is 30.3. The lowest BCUT2D eigenvalue weighted by Crippen LogP contribution is -2.53. The molecule has 44 heavy (non-hydrogen) atoms. The first-order valence-electron chi connectivity index (χ1n) is 14.4. The van der Waals surface area contributed by atoms with E-state index in [-0.39, 0.29) is 67.1 Å². The second-order valence-corrected chi connectivity index (χ2v) is 11.1. The zero-order valence-electron chi connectivity index (χ0n) is 24.0. The lowest BCUT2D eigenvalue weighted by Gasteiger charge is -2.37. The minimum Gasteiger partial charge on any atom is -0.351 e. The Morgan fingerprint density at radius 2 is 1.73 bits per heavy atom. The minimum absolute atomic E-state index is 0.0401. The average Bonchev–Trinajstić information content (AvgIpc) is 3.42. The summed E-state index contributed by atoms with van der Waals surface area (Å²) in [6.07, 6.45) is 1.02. The summed E-state index contributed by atoms with van der Waals surface area (Å²) in [5, 5.41) is 22.0. The summed E-state index contributed by atoms with van der Waals surface area (Å²) in [5.41, 5.74) is 1.98. The first-order valence-corrected chi connectivity index (χ1v) is 14.4. The van der Waals surface area contributed by atoms with Crippen LogP contribution in [0.25, 0.3) is 0 Å². The van der Waals surface area contributed by atoms with Crippen molar-refractivity contribution >= 4 is 29.2 Å². The fourth-order valence-electron chi connectivity index (χ4n) is 5.87. The first-order chi connectivity index (χ1) is 21.1. The zero-order valence-corrected chi connectivity index (χ0v) is 24.0. The molecule has 2 heterocycles. The number of halogens is 2. The Bertz CT molecular complexity index is 1670. The van der Waals surface area contributed by atoms with Gasteiger partial charge in [-0.15, -0.1) is 0 Å². The van der Waals surface area contributed by atoms with Crippen LogP contribution in [0.1, 0.15) is 66.8 Å². The Labute approximate surface area is 253 Å². The second-order valence-electron chi connectivity index (χ2n) is 11.1. The highest BCUT2D eigenvalue weighted by atomic mass is 19.3. The predicted octanol–water partition coefficient (Wildman–Crippen LogP) is 5.10. The molecule has 5 rings (SSSR count). The number of aryl methyl sites for hydroxylation is 1. The molecule has 2 atom stereocenters. The molecule has 0 spiro atoms. The Balaban J connectivity index is 1.61. The van der Waals surface area contributed by atoms with E-state index in [4.69, 9.17) is 0 Å². The molecule has 2 fully saturated rings. The van der Waals surface area contributed by atoms with E-state index in [1.807, 2.05) is 6.07 Å². The average molecular weight is 597 g/mol. The van der Waals surface area contributed by atoms with Crippen LogP contribution in [0.5, 0.6) is 0 Å². The Morgan fingerprint density at radius 3 is 2.43 bits per heavy atom. The van der Waals surface area contributed by atoms with Gasteiger partial charge in [0.2, 0.25) is 17.7 Å². The number of amides is 3. The molecule has 0 radical (unpaired) electrons. The molecule has 11 heteroatoms. The van der Waals surface area contributed by atoms with Crippen molar-refractivity contribution in [3.05, 3.63) is 89.1 Å². The van der Waals surface area contributed by atoms with E-state index < -0.39 is 35.9 Å². The minimum atomic E-state index is -2.79. The van der Waals surface area contributed by atoms with Gasteiger partial charge in [-0.1, -0.05) is 30.3 Å². The third-order valence-corrected chi connectivity index (χ3v) is 8.16. The van der Waals surface area contributed by atoms with Crippen LogP contribution in [0.2, 0.25) is 0 Å². The van der Waals surface area contributed by atoms with E-state index in [1.54, 1.807) is 49.4 Å². The largest absolute Gasteiger partial charge is 0.351 e. The van der Waals surface area contributed by atoms with Crippen molar-refractivity contribution in [3.63, 3.8) is 0 Å². The third-order valence-electron chi connectivity index (χ3n) is 8.16. The van der Waals surface area contributed by atoms with Gasteiger partial charge in [0, 0.05) is 37.2 Å². The van der Waals surface area contributed by atoms with E-state index >= 15 is 0 Å². The van der Waals surface area contributed by atoms with E-state index in [0.717, 1.165) is 0 Å². The normalized spacial score (nSPS) is 18.6. The number of alkyl halides is 2. The molecule has 3 aromatic rings. The number of carbonyl (C=O) groups excluding carboxylic acids is 3. The SMILES string of the molecule is Cc1ccccc1C(C(=O)NC1CCC(F)(F)CC1)N(C(=O)C1CCC(=O)N1c1cc(C#N)ccn1)c1cccc(C#N)c1. The van der Waals surface area contributed by atoms with Crippen LogP contribution in [0.3, 0.4) is 0 Å². The highest BCUT2D eigenvalue weighted by Gasteiger charge is 2.45. The van der Waals surface area contributed by atoms with Crippen LogP contribution in [-0.4, -0.2) is 40.7 Å². The van der Waals surface area contributed by atoms with Gasteiger partial charge in [0.25, 0.3) is 5.91 Å². The number of hydrogen-bond donors (Lipinski definition) is 1. The van der Waals surface area contributed by atoms with E-state index in [9.17, 15) is 33.7 Å². The van der Waals surface area contributed by atoms with Crippen molar-refractivity contribution in [1.29, 1.82) is 10.5 Å². The molecular formula is C33H30F2N6O3. The Kier molecular flexibility index (Phi) is 8.68. The van der Waals surface area contributed by atoms with Crippen LogP contribution < -0.4 is 15.1 Å². The van der Waals surface area contributed by atoms with Gasteiger partial charge in [0.05, 0.1) is 23.3 Å². The van der Waals surface area contributed by atoms with Gasteiger partial charge >= 0.3 is 0 Å². The third kappa shape index (κ3) is 6.28. The molecular weight excluding hydrogens is 566 g/mol. The standard InChI is InChI=1S/C33H30F2N6O3/c1-21-5-2-3-8-26(21)30(31(43)39-24-11-14-33(34,35)15-12-24)40(25-7-4-6-22(17-25)19-36)32(44)27-9-10-29(42)41(27)28-18-23(20-37)13-16-38-28/h2-8,13,16-18,24,27,30H,9-12,14-15H2,1H3,(H,39,43). The Morgan fingerprint density at radius 1 is 1.02 bits per heavy atom. The highest BCUT2D eigenvalue weighted by molar-refractivity contribution is 6.10. The lowest BCUT2D eigenvalue weighted by molar-refractivity contribution is -0.128. The monoisotopic (exact) mass is 596 g/mol. The van der Waals surface area contributed by atoms with Crippen molar-refractivity contribution in [3.8, 4) is 12.1 Å². The maximum absolute atomic E-state index is 14.7. The van der Waals surface area contributed by atoms with Crippen molar-refractivity contribution in [2.45, 2.75) is 69.5 Å². The van der Waals surface area contributed by atoms with Crippen LogP contribution in [0.4, 0.5) is 20.3 Å². The fraction of sp³-hybridized carbons (Fsp3) is 0.333. The molecule has 2 aromatic carbocycles. The molecule has 1 aromatic heterocycles. The molecule has 2 unspecified atom stereocenters. The molecule has 1 aliphatic carbocycles. The number of rotatable bonds is 7. The fourth-order valence-corrected chi connectivity index (χ4v) is 5.87. The van der Waals surface area contributed by atoms with Gasteiger partial charge in [-0.05, 0) is 67.6 Å². The summed E-state index contributed by atoms with van der Waals surface area (Å²) in [4.78, 5) is 48.9. The van der Waals surface area contributed by atoms with Gasteiger partial charge < -0.3 is 5.32 Å². The summed E-state index contributed by atoms with van der Waals surface area (Å²) in [6.45, 7) is 1.80. The number of nitrogens with zero attached hydrogens (tertiary/aromatic N) is 5. The van der Waals surface area contributed by atoms with Crippen molar-refractivity contribution in [1.82, 2.24) is 10.3 Å². The number of anilines is 2. The molecule has 9 nitrogen and oxygen atoms in total. The van der Waals surface area contributed by atoms with Crippen molar-refractivity contribution in [2.75, 3.05) is 9.80 Å². The van der Waals surface area contributed by atoms with E-state index in [2.05, 4.69) is 16.4 Å². The van der Waals surface area contributed by atoms with Crippen molar-refractivity contribution < 1.29 is 23.2 Å². The maximum atomic E-state index is 14.7. The van der Waals surface area contributed by atoms with Crippen LogP contribution in [0.15, 0.2) is 66.9 Å².